The molecule has 7 nitrogen and oxygen atoms in total. The predicted molar refractivity (Wildman–Crippen MR) is 72.9 cm³/mol. The second kappa shape index (κ2) is 4.90. The van der Waals surface area contributed by atoms with Crippen molar-refractivity contribution in [1.29, 1.82) is 0 Å². The summed E-state index contributed by atoms with van der Waals surface area (Å²) >= 11 is 0. The van der Waals surface area contributed by atoms with Crippen molar-refractivity contribution in [2.75, 3.05) is 31.2 Å². The van der Waals surface area contributed by atoms with Crippen molar-refractivity contribution >= 4 is 11.9 Å². The number of amides is 1. The van der Waals surface area contributed by atoms with Crippen molar-refractivity contribution in [3.63, 3.8) is 0 Å². The molecule has 0 aromatic carbocycles. The Morgan fingerprint density at radius 3 is 2.60 bits per heavy atom. The number of ether oxygens (including phenoxy) is 1. The number of H-pyrrole nitrogens is 1. The van der Waals surface area contributed by atoms with Crippen LogP contribution in [0.15, 0.2) is 4.79 Å². The standard InChI is InChI=1S/C13H18N4O3/c1-8(2)17-7-9-10(12(17)19)14-13(15-11(9)18)16-3-5-20-6-4-16/h8H,3-7H2,1-2H3,(H,14,15,18). The average Bonchev–Trinajstić information content (AvgIpc) is 2.78. The average molecular weight is 278 g/mol. The van der Waals surface area contributed by atoms with Crippen LogP contribution in [0.5, 0.6) is 0 Å². The van der Waals surface area contributed by atoms with E-state index in [4.69, 9.17) is 4.74 Å². The van der Waals surface area contributed by atoms with E-state index in [0.717, 1.165) is 0 Å². The largest absolute Gasteiger partial charge is 0.378 e. The number of rotatable bonds is 2. The number of hydrogen-bond acceptors (Lipinski definition) is 5. The molecular formula is C13H18N4O3. The van der Waals surface area contributed by atoms with E-state index < -0.39 is 0 Å². The fourth-order valence-electron chi connectivity index (χ4n) is 2.53. The van der Waals surface area contributed by atoms with Gasteiger partial charge in [0.1, 0.15) is 5.69 Å². The van der Waals surface area contributed by atoms with Crippen molar-refractivity contribution in [3.8, 4) is 0 Å². The van der Waals surface area contributed by atoms with Gasteiger partial charge in [-0.3, -0.25) is 14.6 Å². The summed E-state index contributed by atoms with van der Waals surface area (Å²) in [5.74, 6) is 0.312. The molecule has 1 aromatic heterocycles. The van der Waals surface area contributed by atoms with Gasteiger partial charge in [0.05, 0.1) is 25.3 Å². The maximum Gasteiger partial charge on any atom is 0.273 e. The molecule has 1 amide bonds. The van der Waals surface area contributed by atoms with Crippen LogP contribution < -0.4 is 10.5 Å². The van der Waals surface area contributed by atoms with Crippen molar-refractivity contribution in [1.82, 2.24) is 14.9 Å². The number of carbonyl (C=O) groups is 1. The first-order valence-electron chi connectivity index (χ1n) is 6.85. The van der Waals surface area contributed by atoms with Crippen molar-refractivity contribution in [3.05, 3.63) is 21.6 Å². The van der Waals surface area contributed by atoms with Crippen LogP contribution in [0.1, 0.15) is 29.9 Å². The summed E-state index contributed by atoms with van der Waals surface area (Å²) < 4.78 is 5.28. The second-order valence-corrected chi connectivity index (χ2v) is 5.34. The fourth-order valence-corrected chi connectivity index (χ4v) is 2.53. The molecule has 0 unspecified atom stereocenters. The third-order valence-electron chi connectivity index (χ3n) is 3.73. The Hall–Kier alpha value is -1.89. The van der Waals surface area contributed by atoms with Gasteiger partial charge in [-0.15, -0.1) is 0 Å². The molecule has 0 radical (unpaired) electrons. The van der Waals surface area contributed by atoms with Crippen molar-refractivity contribution in [2.45, 2.75) is 26.4 Å². The minimum Gasteiger partial charge on any atom is -0.378 e. The number of carbonyl (C=O) groups excluding carboxylic acids is 1. The highest BCUT2D eigenvalue weighted by atomic mass is 16.5. The molecule has 0 bridgehead atoms. The van der Waals surface area contributed by atoms with Gasteiger partial charge in [-0.2, -0.15) is 0 Å². The summed E-state index contributed by atoms with van der Waals surface area (Å²) in [6.45, 7) is 6.76. The second-order valence-electron chi connectivity index (χ2n) is 5.34. The van der Waals surface area contributed by atoms with Crippen LogP contribution in [0.4, 0.5) is 5.95 Å². The highest BCUT2D eigenvalue weighted by molar-refractivity contribution is 5.96. The molecule has 7 heteroatoms. The summed E-state index contributed by atoms with van der Waals surface area (Å²) in [5, 5.41) is 0. The Balaban J connectivity index is 1.97. The minimum atomic E-state index is -0.215. The first-order valence-corrected chi connectivity index (χ1v) is 6.85. The molecular weight excluding hydrogens is 260 g/mol. The molecule has 20 heavy (non-hydrogen) atoms. The van der Waals surface area contributed by atoms with E-state index in [1.165, 1.54) is 0 Å². The molecule has 2 aliphatic rings. The van der Waals surface area contributed by atoms with Crippen LogP contribution in [0, 0.1) is 0 Å². The summed E-state index contributed by atoms with van der Waals surface area (Å²) in [6, 6.07) is 0.0583. The Labute approximate surface area is 116 Å². The maximum absolute atomic E-state index is 12.3. The van der Waals surface area contributed by atoms with Gasteiger partial charge in [0.2, 0.25) is 5.95 Å². The number of morpholine rings is 1. The van der Waals surface area contributed by atoms with Gasteiger partial charge in [0, 0.05) is 19.1 Å². The quantitative estimate of drug-likeness (QED) is 0.822. The lowest BCUT2D eigenvalue weighted by Gasteiger charge is -2.27. The molecule has 0 saturated carbocycles. The number of aromatic amines is 1. The van der Waals surface area contributed by atoms with Crippen LogP contribution >= 0.6 is 0 Å². The Morgan fingerprint density at radius 1 is 1.25 bits per heavy atom. The summed E-state index contributed by atoms with van der Waals surface area (Å²) in [7, 11) is 0. The monoisotopic (exact) mass is 278 g/mol. The molecule has 2 aliphatic heterocycles. The topological polar surface area (TPSA) is 78.5 Å². The highest BCUT2D eigenvalue weighted by Gasteiger charge is 2.34. The van der Waals surface area contributed by atoms with Crippen LogP contribution in [0.25, 0.3) is 0 Å². The van der Waals surface area contributed by atoms with E-state index in [2.05, 4.69) is 9.97 Å². The van der Waals surface area contributed by atoms with E-state index in [0.29, 0.717) is 50.1 Å². The zero-order valence-corrected chi connectivity index (χ0v) is 11.7. The lowest BCUT2D eigenvalue weighted by Crippen LogP contribution is -2.38. The van der Waals surface area contributed by atoms with Crippen LogP contribution in [-0.4, -0.2) is 53.1 Å². The molecule has 0 aliphatic carbocycles. The van der Waals surface area contributed by atoms with E-state index >= 15 is 0 Å². The van der Waals surface area contributed by atoms with Gasteiger partial charge < -0.3 is 14.5 Å². The van der Waals surface area contributed by atoms with Gasteiger partial charge in [-0.25, -0.2) is 4.98 Å². The van der Waals surface area contributed by atoms with Gasteiger partial charge in [0.15, 0.2) is 0 Å². The molecule has 1 aromatic rings. The van der Waals surface area contributed by atoms with Crippen molar-refractivity contribution < 1.29 is 9.53 Å². The number of nitrogens with zero attached hydrogens (tertiary/aromatic N) is 3. The normalized spacial score (nSPS) is 18.9. The van der Waals surface area contributed by atoms with E-state index in [1.54, 1.807) is 4.90 Å². The molecule has 0 spiro atoms. The third-order valence-corrected chi connectivity index (χ3v) is 3.73. The molecule has 108 valence electrons. The molecule has 1 N–H and O–H groups in total. The van der Waals surface area contributed by atoms with Gasteiger partial charge in [-0.05, 0) is 13.8 Å². The Bertz CT molecular complexity index is 590. The van der Waals surface area contributed by atoms with Gasteiger partial charge in [0.25, 0.3) is 11.5 Å². The minimum absolute atomic E-state index is 0.0583. The lowest BCUT2D eigenvalue weighted by molar-refractivity contribution is 0.0726. The first kappa shape index (κ1) is 13.1. The van der Waals surface area contributed by atoms with E-state index in [-0.39, 0.29) is 17.5 Å². The lowest BCUT2D eigenvalue weighted by atomic mass is 10.2. The van der Waals surface area contributed by atoms with E-state index in [1.807, 2.05) is 18.7 Å². The summed E-state index contributed by atoms with van der Waals surface area (Å²) in [6.07, 6.45) is 0. The smallest absolute Gasteiger partial charge is 0.273 e. The number of anilines is 1. The molecule has 0 atom stereocenters. The highest BCUT2D eigenvalue weighted by Crippen LogP contribution is 2.21. The van der Waals surface area contributed by atoms with E-state index in [9.17, 15) is 9.59 Å². The third kappa shape index (κ3) is 2.07. The van der Waals surface area contributed by atoms with Crippen LogP contribution in [-0.2, 0) is 11.3 Å². The van der Waals surface area contributed by atoms with Crippen molar-refractivity contribution in [2.24, 2.45) is 0 Å². The number of hydrogen-bond donors (Lipinski definition) is 1. The SMILES string of the molecule is CC(C)N1Cc2c(nc(N3CCOCC3)[nH]c2=O)C1=O. The molecule has 3 heterocycles. The summed E-state index contributed by atoms with van der Waals surface area (Å²) in [4.78, 5) is 35.2. The van der Waals surface area contributed by atoms with Gasteiger partial charge >= 0.3 is 0 Å². The number of fused-ring (bicyclic) bond motifs is 1. The fraction of sp³-hybridized carbons (Fsp3) is 0.615. The maximum atomic E-state index is 12.3. The zero-order chi connectivity index (χ0) is 14.3. The predicted octanol–water partition coefficient (Wildman–Crippen LogP) is -0.0293. The number of nitrogens with one attached hydrogen (secondary N) is 1. The van der Waals surface area contributed by atoms with Crippen LogP contribution in [0.3, 0.4) is 0 Å². The Kier molecular flexibility index (Phi) is 3.21. The summed E-state index contributed by atoms with van der Waals surface area (Å²) in [5.41, 5.74) is 0.553. The molecule has 1 saturated heterocycles. The first-order chi connectivity index (χ1) is 9.58. The zero-order valence-electron chi connectivity index (χ0n) is 11.7. The molecule has 1 fully saturated rings. The molecule has 3 rings (SSSR count). The number of aromatic nitrogens is 2. The van der Waals surface area contributed by atoms with Gasteiger partial charge in [-0.1, -0.05) is 0 Å². The van der Waals surface area contributed by atoms with Crippen LogP contribution in [0.2, 0.25) is 0 Å². The Morgan fingerprint density at radius 2 is 1.95 bits per heavy atom.